The van der Waals surface area contributed by atoms with Crippen LogP contribution in [0.3, 0.4) is 0 Å². The molecule has 2 amide bonds. The maximum absolute atomic E-state index is 14.1. The fourth-order valence-electron chi connectivity index (χ4n) is 2.24. The van der Waals surface area contributed by atoms with Crippen molar-refractivity contribution in [3.63, 3.8) is 0 Å². The molecule has 0 saturated carbocycles. The molecule has 0 fully saturated rings. The van der Waals surface area contributed by atoms with Crippen molar-refractivity contribution in [1.29, 1.82) is 5.26 Å². The van der Waals surface area contributed by atoms with Crippen molar-refractivity contribution >= 4 is 27.3 Å². The fourth-order valence-corrected chi connectivity index (χ4v) is 3.84. The molecule has 152 valence electrons. The van der Waals surface area contributed by atoms with Crippen molar-refractivity contribution in [3.8, 4) is 6.07 Å². The van der Waals surface area contributed by atoms with Gasteiger partial charge in [0, 0.05) is 7.05 Å². The standard InChI is InChI=1S/C17H16FN5O5S/c1-17(26,16(25)23-10-7-21-14(6-19)22-8-10)9-29(27,28)11-3-4-12(13(18)5-11)15(24)20-2/h3-5,7-8,26H,9H2,1-2H3,(H,20,24)(H,23,25)/t17-/m0/s1. The number of amides is 2. The molecule has 2 rings (SSSR count). The number of nitrogens with one attached hydrogen (secondary N) is 2. The number of aromatic nitrogens is 2. The van der Waals surface area contributed by atoms with Crippen molar-refractivity contribution in [2.24, 2.45) is 0 Å². The topological polar surface area (TPSA) is 162 Å². The number of benzene rings is 1. The van der Waals surface area contributed by atoms with Crippen LogP contribution in [-0.2, 0) is 14.6 Å². The molecule has 1 aromatic carbocycles. The minimum absolute atomic E-state index is 0.0349. The van der Waals surface area contributed by atoms with Crippen LogP contribution in [0.25, 0.3) is 0 Å². The summed E-state index contributed by atoms with van der Waals surface area (Å²) in [5.74, 6) is -4.06. The molecular weight excluding hydrogens is 405 g/mol. The average Bonchev–Trinajstić information content (AvgIpc) is 2.67. The van der Waals surface area contributed by atoms with Crippen molar-refractivity contribution in [2.45, 2.75) is 17.4 Å². The van der Waals surface area contributed by atoms with Gasteiger partial charge in [-0.05, 0) is 25.1 Å². The summed E-state index contributed by atoms with van der Waals surface area (Å²) in [7, 11) is -3.00. The number of carbonyl (C=O) groups is 2. The third kappa shape index (κ3) is 5.09. The van der Waals surface area contributed by atoms with Gasteiger partial charge in [0.1, 0.15) is 11.9 Å². The molecule has 2 aromatic rings. The van der Waals surface area contributed by atoms with Gasteiger partial charge in [-0.15, -0.1) is 0 Å². The van der Waals surface area contributed by atoms with E-state index in [1.165, 1.54) is 7.05 Å². The van der Waals surface area contributed by atoms with Crippen molar-refractivity contribution in [3.05, 3.63) is 47.8 Å². The molecule has 0 unspecified atom stereocenters. The molecule has 29 heavy (non-hydrogen) atoms. The van der Waals surface area contributed by atoms with E-state index in [-0.39, 0.29) is 17.1 Å². The third-order valence-corrected chi connectivity index (χ3v) is 5.66. The van der Waals surface area contributed by atoms with Gasteiger partial charge in [0.15, 0.2) is 15.4 Å². The van der Waals surface area contributed by atoms with Crippen LogP contribution >= 0.6 is 0 Å². The van der Waals surface area contributed by atoms with Gasteiger partial charge >= 0.3 is 0 Å². The number of sulfone groups is 1. The maximum atomic E-state index is 14.1. The summed E-state index contributed by atoms with van der Waals surface area (Å²) < 4.78 is 39.1. The van der Waals surface area contributed by atoms with E-state index < -0.39 is 43.7 Å². The summed E-state index contributed by atoms with van der Waals surface area (Å²) in [5, 5.41) is 23.4. The number of aliphatic hydroxyl groups is 1. The van der Waals surface area contributed by atoms with Crippen LogP contribution in [0.15, 0.2) is 35.5 Å². The van der Waals surface area contributed by atoms with Gasteiger partial charge in [0.2, 0.25) is 5.82 Å². The summed E-state index contributed by atoms with van der Waals surface area (Å²) in [4.78, 5) is 30.5. The fraction of sp³-hybridized carbons (Fsp3) is 0.235. The van der Waals surface area contributed by atoms with Crippen LogP contribution in [0.4, 0.5) is 10.1 Å². The Morgan fingerprint density at radius 2 is 1.93 bits per heavy atom. The molecule has 0 spiro atoms. The monoisotopic (exact) mass is 421 g/mol. The molecule has 12 heteroatoms. The first-order chi connectivity index (χ1) is 13.5. The van der Waals surface area contributed by atoms with Crippen LogP contribution in [0, 0.1) is 17.1 Å². The summed E-state index contributed by atoms with van der Waals surface area (Å²) in [6.07, 6.45) is 2.22. The second-order valence-corrected chi connectivity index (χ2v) is 8.10. The van der Waals surface area contributed by atoms with E-state index in [1.54, 1.807) is 6.07 Å². The molecular formula is C17H16FN5O5S. The highest BCUT2D eigenvalue weighted by Gasteiger charge is 2.37. The van der Waals surface area contributed by atoms with Crippen LogP contribution in [0.2, 0.25) is 0 Å². The highest BCUT2D eigenvalue weighted by atomic mass is 32.2. The number of carbonyl (C=O) groups excluding carboxylic acids is 2. The summed E-state index contributed by atoms with van der Waals surface area (Å²) in [6, 6.07) is 4.32. The second kappa shape index (κ2) is 8.29. The number of halogens is 1. The van der Waals surface area contributed by atoms with E-state index in [4.69, 9.17) is 5.26 Å². The smallest absolute Gasteiger partial charge is 0.257 e. The first-order valence-electron chi connectivity index (χ1n) is 8.00. The Balaban J connectivity index is 2.20. The van der Waals surface area contributed by atoms with E-state index in [0.717, 1.165) is 31.5 Å². The Labute approximate surface area is 165 Å². The number of nitriles is 1. The summed E-state index contributed by atoms with van der Waals surface area (Å²) in [6.45, 7) is 0.972. The van der Waals surface area contributed by atoms with E-state index in [9.17, 15) is 27.5 Å². The highest BCUT2D eigenvalue weighted by Crippen LogP contribution is 2.21. The van der Waals surface area contributed by atoms with Gasteiger partial charge in [-0.25, -0.2) is 22.8 Å². The van der Waals surface area contributed by atoms with Crippen molar-refractivity contribution < 1.29 is 27.5 Å². The minimum Gasteiger partial charge on any atom is -0.379 e. The molecule has 1 aromatic heterocycles. The number of rotatable bonds is 6. The lowest BCUT2D eigenvalue weighted by Crippen LogP contribution is -2.45. The third-order valence-electron chi connectivity index (χ3n) is 3.74. The highest BCUT2D eigenvalue weighted by molar-refractivity contribution is 7.91. The molecule has 0 radical (unpaired) electrons. The zero-order valence-corrected chi connectivity index (χ0v) is 16.1. The lowest BCUT2D eigenvalue weighted by molar-refractivity contribution is -0.130. The van der Waals surface area contributed by atoms with Crippen molar-refractivity contribution in [2.75, 3.05) is 18.1 Å². The summed E-state index contributed by atoms with van der Waals surface area (Å²) >= 11 is 0. The van der Waals surface area contributed by atoms with E-state index in [2.05, 4.69) is 20.6 Å². The quantitative estimate of drug-likeness (QED) is 0.587. The Hall–Kier alpha value is -3.43. The lowest BCUT2D eigenvalue weighted by atomic mass is 10.1. The molecule has 1 atom stereocenters. The summed E-state index contributed by atoms with van der Waals surface area (Å²) in [5.41, 5.74) is -2.70. The predicted molar refractivity (Wildman–Crippen MR) is 97.8 cm³/mol. The first kappa shape index (κ1) is 21.9. The first-order valence-corrected chi connectivity index (χ1v) is 9.66. The normalized spacial score (nSPS) is 13.1. The van der Waals surface area contributed by atoms with Gasteiger partial charge < -0.3 is 15.7 Å². The van der Waals surface area contributed by atoms with Gasteiger partial charge in [-0.2, -0.15) is 5.26 Å². The van der Waals surface area contributed by atoms with Gasteiger partial charge in [-0.1, -0.05) is 0 Å². The van der Waals surface area contributed by atoms with Crippen molar-refractivity contribution in [1.82, 2.24) is 15.3 Å². The van der Waals surface area contributed by atoms with Crippen LogP contribution in [0.1, 0.15) is 23.1 Å². The Morgan fingerprint density at radius 1 is 1.31 bits per heavy atom. The second-order valence-electron chi connectivity index (χ2n) is 6.11. The molecule has 0 aliphatic carbocycles. The Morgan fingerprint density at radius 3 is 2.45 bits per heavy atom. The maximum Gasteiger partial charge on any atom is 0.257 e. The average molecular weight is 421 g/mol. The number of hydrogen-bond donors (Lipinski definition) is 3. The van der Waals surface area contributed by atoms with E-state index >= 15 is 0 Å². The van der Waals surface area contributed by atoms with E-state index in [0.29, 0.717) is 6.07 Å². The van der Waals surface area contributed by atoms with E-state index in [1.807, 2.05) is 0 Å². The van der Waals surface area contributed by atoms with Gasteiger partial charge in [0.25, 0.3) is 11.8 Å². The number of nitrogens with zero attached hydrogens (tertiary/aromatic N) is 3. The largest absolute Gasteiger partial charge is 0.379 e. The molecule has 10 nitrogen and oxygen atoms in total. The van der Waals surface area contributed by atoms with Gasteiger partial charge in [-0.3, -0.25) is 9.59 Å². The molecule has 1 heterocycles. The zero-order valence-electron chi connectivity index (χ0n) is 15.3. The Bertz CT molecular complexity index is 1090. The zero-order chi connectivity index (χ0) is 21.8. The minimum atomic E-state index is -4.29. The van der Waals surface area contributed by atoms with Crippen LogP contribution < -0.4 is 10.6 Å². The molecule has 0 bridgehead atoms. The predicted octanol–water partition coefficient (Wildman–Crippen LogP) is 0.0104. The SMILES string of the molecule is CNC(=O)c1ccc(S(=O)(=O)C[C@](C)(O)C(=O)Nc2cnc(C#N)nc2)cc1F. The molecule has 0 saturated heterocycles. The van der Waals surface area contributed by atoms with Gasteiger partial charge in [0.05, 0.1) is 34.3 Å². The van der Waals surface area contributed by atoms with Crippen LogP contribution in [0.5, 0.6) is 0 Å². The van der Waals surface area contributed by atoms with Crippen LogP contribution in [-0.4, -0.2) is 53.7 Å². The lowest BCUT2D eigenvalue weighted by Gasteiger charge is -2.22. The number of anilines is 1. The molecule has 0 aliphatic rings. The molecule has 0 aliphatic heterocycles. The number of hydrogen-bond acceptors (Lipinski definition) is 8. The Kier molecular flexibility index (Phi) is 6.25. The molecule has 3 N–H and O–H groups in total.